The number of benzene rings is 2. The highest BCUT2D eigenvalue weighted by Crippen LogP contribution is 2.46. The third kappa shape index (κ3) is 3.41. The van der Waals surface area contributed by atoms with E-state index in [4.69, 9.17) is 0 Å². The first kappa shape index (κ1) is 18.6. The fraction of sp³-hybridized carbons (Fsp3) is 0.348. The molecular weight excluding hydrogens is 372 g/mol. The third-order valence-corrected chi connectivity index (χ3v) is 7.13. The van der Waals surface area contributed by atoms with Crippen LogP contribution in [0.3, 0.4) is 0 Å². The minimum absolute atomic E-state index is 0.160. The van der Waals surface area contributed by atoms with Crippen molar-refractivity contribution in [2.75, 3.05) is 5.75 Å². The van der Waals surface area contributed by atoms with Crippen LogP contribution < -0.4 is 0 Å². The molecule has 0 saturated carbocycles. The molecule has 0 fully saturated rings. The predicted molar refractivity (Wildman–Crippen MR) is 118 cm³/mol. The van der Waals surface area contributed by atoms with E-state index in [1.807, 2.05) is 12.1 Å². The highest BCUT2D eigenvalue weighted by atomic mass is 32.1. The summed E-state index contributed by atoms with van der Waals surface area (Å²) in [6.07, 6.45) is 3.76. The average Bonchev–Trinajstić information content (AvgIpc) is 2.98. The maximum atomic E-state index is 12.3. The molecule has 3 aromatic rings. The lowest BCUT2D eigenvalue weighted by molar-refractivity contribution is 0.0696. The third-order valence-electron chi connectivity index (χ3n) is 5.59. The van der Waals surface area contributed by atoms with Crippen molar-refractivity contribution in [1.29, 1.82) is 0 Å². The zero-order valence-corrected chi connectivity index (χ0v) is 17.4. The molecule has 0 unspecified atom stereocenters. The minimum atomic E-state index is -0.801. The van der Waals surface area contributed by atoms with Crippen molar-refractivity contribution in [3.8, 4) is 10.4 Å². The van der Waals surface area contributed by atoms with Crippen molar-refractivity contribution < 1.29 is 9.90 Å². The molecule has 2 nitrogen and oxygen atoms in total. The van der Waals surface area contributed by atoms with E-state index in [9.17, 15) is 9.90 Å². The van der Waals surface area contributed by atoms with Gasteiger partial charge in [-0.05, 0) is 70.4 Å². The summed E-state index contributed by atoms with van der Waals surface area (Å²) < 4.78 is 0. The Balaban J connectivity index is 1.97. The number of rotatable bonds is 4. The van der Waals surface area contributed by atoms with Crippen LogP contribution in [0, 0.1) is 5.41 Å². The molecule has 0 spiro atoms. The molecule has 27 heavy (non-hydrogen) atoms. The van der Waals surface area contributed by atoms with Gasteiger partial charge in [0.2, 0.25) is 0 Å². The molecule has 0 radical (unpaired) electrons. The van der Waals surface area contributed by atoms with Crippen LogP contribution in [0.4, 0.5) is 0 Å². The zero-order chi connectivity index (χ0) is 19.2. The molecule has 1 aliphatic rings. The molecule has 1 aliphatic carbocycles. The van der Waals surface area contributed by atoms with Gasteiger partial charge >= 0.3 is 5.97 Å². The number of carboxylic acids is 1. The number of hydrogen-bond donors (Lipinski definition) is 2. The van der Waals surface area contributed by atoms with Crippen molar-refractivity contribution in [3.05, 3.63) is 58.0 Å². The second kappa shape index (κ2) is 6.99. The Labute approximate surface area is 169 Å². The number of thiophene rings is 1. The molecule has 0 bridgehead atoms. The summed E-state index contributed by atoms with van der Waals surface area (Å²) in [4.78, 5) is 14.4. The van der Waals surface area contributed by atoms with Gasteiger partial charge < -0.3 is 5.11 Å². The van der Waals surface area contributed by atoms with Gasteiger partial charge in [0.1, 0.15) is 0 Å². The molecule has 140 valence electrons. The largest absolute Gasteiger partial charge is 0.478 e. The highest BCUT2D eigenvalue weighted by Gasteiger charge is 2.33. The van der Waals surface area contributed by atoms with E-state index < -0.39 is 5.97 Å². The van der Waals surface area contributed by atoms with Crippen molar-refractivity contribution >= 4 is 40.7 Å². The van der Waals surface area contributed by atoms with E-state index in [0.29, 0.717) is 5.56 Å². The number of aromatic carboxylic acids is 1. The molecular formula is C23H24O2S2. The molecule has 0 saturated heterocycles. The van der Waals surface area contributed by atoms with Crippen LogP contribution in [-0.4, -0.2) is 16.8 Å². The molecule has 0 amide bonds. The highest BCUT2D eigenvalue weighted by molar-refractivity contribution is 7.80. The minimum Gasteiger partial charge on any atom is -0.478 e. The van der Waals surface area contributed by atoms with Gasteiger partial charge in [-0.2, -0.15) is 12.6 Å². The molecule has 1 N–H and O–H groups in total. The quantitative estimate of drug-likeness (QED) is 0.511. The SMILES string of the molecule is CC1(C)CCc2sc(-c3cc4ccccc4cc3CCS)c(C(=O)O)c2C1. The number of aryl methyl sites for hydroxylation is 2. The molecule has 0 atom stereocenters. The van der Waals surface area contributed by atoms with E-state index in [2.05, 4.69) is 50.7 Å². The van der Waals surface area contributed by atoms with Gasteiger partial charge in [-0.1, -0.05) is 44.2 Å². The first-order valence-electron chi connectivity index (χ1n) is 9.40. The average molecular weight is 397 g/mol. The van der Waals surface area contributed by atoms with Crippen LogP contribution in [0.25, 0.3) is 21.2 Å². The fourth-order valence-electron chi connectivity index (χ4n) is 4.16. The summed E-state index contributed by atoms with van der Waals surface area (Å²) in [5.41, 5.74) is 4.00. The van der Waals surface area contributed by atoms with Gasteiger partial charge in [-0.3, -0.25) is 0 Å². The van der Waals surface area contributed by atoms with Crippen LogP contribution in [0.1, 0.15) is 46.6 Å². The Morgan fingerprint density at radius 2 is 1.93 bits per heavy atom. The Morgan fingerprint density at radius 1 is 1.22 bits per heavy atom. The summed E-state index contributed by atoms with van der Waals surface area (Å²) in [6, 6.07) is 12.7. The van der Waals surface area contributed by atoms with Gasteiger partial charge in [-0.25, -0.2) is 4.79 Å². The summed E-state index contributed by atoms with van der Waals surface area (Å²) in [5, 5.41) is 12.4. The van der Waals surface area contributed by atoms with Gasteiger partial charge in [0.25, 0.3) is 0 Å². The number of hydrogen-bond acceptors (Lipinski definition) is 3. The Kier molecular flexibility index (Phi) is 4.81. The molecule has 4 rings (SSSR count). The standard InChI is InChI=1S/C23H24O2S2/c1-23(2)9-7-19-18(13-23)20(22(24)25)21(27-19)17-12-15-6-4-3-5-14(15)11-16(17)8-10-26/h3-6,11-12,26H,7-10,13H2,1-2H3,(H,24,25). The topological polar surface area (TPSA) is 37.3 Å². The van der Waals surface area contributed by atoms with E-state index in [1.165, 1.54) is 15.8 Å². The van der Waals surface area contributed by atoms with Gasteiger partial charge in [-0.15, -0.1) is 11.3 Å². The molecule has 4 heteroatoms. The van der Waals surface area contributed by atoms with Gasteiger partial charge in [0.05, 0.1) is 5.56 Å². The van der Waals surface area contributed by atoms with Crippen LogP contribution in [-0.2, 0) is 19.3 Å². The summed E-state index contributed by atoms with van der Waals surface area (Å²) in [6.45, 7) is 4.47. The second-order valence-corrected chi connectivity index (χ2v) is 9.74. The molecule has 1 heterocycles. The van der Waals surface area contributed by atoms with E-state index in [1.54, 1.807) is 11.3 Å². The van der Waals surface area contributed by atoms with Gasteiger partial charge in [0.15, 0.2) is 0 Å². The van der Waals surface area contributed by atoms with Crippen molar-refractivity contribution in [3.63, 3.8) is 0 Å². The summed E-state index contributed by atoms with van der Waals surface area (Å²) in [7, 11) is 0. The summed E-state index contributed by atoms with van der Waals surface area (Å²) >= 11 is 6.12. The van der Waals surface area contributed by atoms with Crippen molar-refractivity contribution in [2.45, 2.75) is 39.5 Å². The molecule has 2 aromatic carbocycles. The van der Waals surface area contributed by atoms with Crippen LogP contribution in [0.5, 0.6) is 0 Å². The maximum Gasteiger partial charge on any atom is 0.337 e. The van der Waals surface area contributed by atoms with E-state index >= 15 is 0 Å². The molecule has 1 aromatic heterocycles. The number of thiol groups is 1. The second-order valence-electron chi connectivity index (χ2n) is 8.18. The Morgan fingerprint density at radius 3 is 2.59 bits per heavy atom. The Hall–Kier alpha value is -1.78. The molecule has 0 aliphatic heterocycles. The van der Waals surface area contributed by atoms with Crippen molar-refractivity contribution in [2.24, 2.45) is 5.41 Å². The normalized spacial score (nSPS) is 15.7. The first-order valence-corrected chi connectivity index (χ1v) is 10.9. The van der Waals surface area contributed by atoms with E-state index in [-0.39, 0.29) is 5.41 Å². The predicted octanol–water partition coefficient (Wildman–Crippen LogP) is 6.25. The fourth-order valence-corrected chi connectivity index (χ4v) is 5.76. The zero-order valence-electron chi connectivity index (χ0n) is 15.7. The number of carboxylic acid groups (broad SMARTS) is 1. The monoisotopic (exact) mass is 396 g/mol. The van der Waals surface area contributed by atoms with E-state index in [0.717, 1.165) is 52.8 Å². The van der Waals surface area contributed by atoms with Crippen LogP contribution >= 0.6 is 24.0 Å². The smallest absolute Gasteiger partial charge is 0.337 e. The summed E-state index contributed by atoms with van der Waals surface area (Å²) in [5.74, 6) is -0.0588. The van der Waals surface area contributed by atoms with Crippen molar-refractivity contribution in [1.82, 2.24) is 0 Å². The van der Waals surface area contributed by atoms with Crippen LogP contribution in [0.15, 0.2) is 36.4 Å². The Bertz CT molecular complexity index is 1030. The van der Waals surface area contributed by atoms with Gasteiger partial charge in [0, 0.05) is 9.75 Å². The lowest BCUT2D eigenvalue weighted by Gasteiger charge is -2.29. The number of carbonyl (C=O) groups is 1. The lowest BCUT2D eigenvalue weighted by atomic mass is 9.75. The number of fused-ring (bicyclic) bond motifs is 2. The van der Waals surface area contributed by atoms with Crippen LogP contribution in [0.2, 0.25) is 0 Å². The lowest BCUT2D eigenvalue weighted by Crippen LogP contribution is -2.22. The first-order chi connectivity index (χ1) is 12.9. The maximum absolute atomic E-state index is 12.3.